The SMILES string of the molecule is Fc1ccc(N2CCN(CC3CCCNC3)CC2)cc1. The molecule has 0 aromatic heterocycles. The molecule has 0 aliphatic carbocycles. The Balaban J connectivity index is 1.47. The highest BCUT2D eigenvalue weighted by atomic mass is 19.1. The lowest BCUT2D eigenvalue weighted by Gasteiger charge is -2.38. The van der Waals surface area contributed by atoms with E-state index in [0.29, 0.717) is 0 Å². The van der Waals surface area contributed by atoms with E-state index in [0.717, 1.165) is 37.8 Å². The van der Waals surface area contributed by atoms with Gasteiger partial charge in [-0.1, -0.05) is 0 Å². The van der Waals surface area contributed by atoms with E-state index in [4.69, 9.17) is 0 Å². The molecular formula is C16H24FN3. The summed E-state index contributed by atoms with van der Waals surface area (Å²) in [6.45, 7) is 7.93. The second-order valence-electron chi connectivity index (χ2n) is 5.98. The average Bonchev–Trinajstić information content (AvgIpc) is 2.50. The van der Waals surface area contributed by atoms with Gasteiger partial charge >= 0.3 is 0 Å². The maximum absolute atomic E-state index is 12.9. The van der Waals surface area contributed by atoms with Gasteiger partial charge in [-0.05, 0) is 56.1 Å². The van der Waals surface area contributed by atoms with Crippen molar-refractivity contribution in [1.82, 2.24) is 10.2 Å². The first-order valence-corrected chi connectivity index (χ1v) is 7.75. The molecule has 1 N–H and O–H groups in total. The second kappa shape index (κ2) is 6.55. The number of hydrogen-bond donors (Lipinski definition) is 1. The lowest BCUT2D eigenvalue weighted by Crippen LogP contribution is -2.49. The zero-order valence-corrected chi connectivity index (χ0v) is 12.0. The van der Waals surface area contributed by atoms with Crippen LogP contribution < -0.4 is 10.2 Å². The molecule has 2 heterocycles. The number of piperazine rings is 1. The molecule has 2 fully saturated rings. The quantitative estimate of drug-likeness (QED) is 0.911. The van der Waals surface area contributed by atoms with Crippen LogP contribution in [0.2, 0.25) is 0 Å². The zero-order chi connectivity index (χ0) is 13.8. The number of hydrogen-bond acceptors (Lipinski definition) is 3. The Hall–Kier alpha value is -1.13. The van der Waals surface area contributed by atoms with Crippen LogP contribution in [0.5, 0.6) is 0 Å². The third-order valence-corrected chi connectivity index (χ3v) is 4.48. The molecule has 1 unspecified atom stereocenters. The van der Waals surface area contributed by atoms with Gasteiger partial charge in [-0.15, -0.1) is 0 Å². The molecule has 110 valence electrons. The Morgan fingerprint density at radius 2 is 1.85 bits per heavy atom. The van der Waals surface area contributed by atoms with E-state index in [1.165, 1.54) is 32.5 Å². The van der Waals surface area contributed by atoms with Crippen molar-refractivity contribution in [2.24, 2.45) is 5.92 Å². The molecular weight excluding hydrogens is 253 g/mol. The van der Waals surface area contributed by atoms with E-state index in [-0.39, 0.29) is 5.82 Å². The molecule has 2 saturated heterocycles. The summed E-state index contributed by atoms with van der Waals surface area (Å²) in [6, 6.07) is 6.87. The summed E-state index contributed by atoms with van der Waals surface area (Å²) in [6.07, 6.45) is 2.69. The van der Waals surface area contributed by atoms with Crippen molar-refractivity contribution in [2.45, 2.75) is 12.8 Å². The van der Waals surface area contributed by atoms with Gasteiger partial charge in [-0.25, -0.2) is 4.39 Å². The van der Waals surface area contributed by atoms with Gasteiger partial charge in [0.25, 0.3) is 0 Å². The molecule has 3 nitrogen and oxygen atoms in total. The monoisotopic (exact) mass is 277 g/mol. The van der Waals surface area contributed by atoms with Crippen LogP contribution in [-0.4, -0.2) is 50.7 Å². The second-order valence-corrected chi connectivity index (χ2v) is 5.98. The van der Waals surface area contributed by atoms with Crippen LogP contribution in [0.15, 0.2) is 24.3 Å². The van der Waals surface area contributed by atoms with Crippen LogP contribution in [0.1, 0.15) is 12.8 Å². The fourth-order valence-electron chi connectivity index (χ4n) is 3.29. The van der Waals surface area contributed by atoms with Gasteiger partial charge in [0.2, 0.25) is 0 Å². The summed E-state index contributed by atoms with van der Waals surface area (Å²) in [7, 11) is 0. The number of nitrogens with one attached hydrogen (secondary N) is 1. The number of piperidine rings is 1. The number of halogens is 1. The van der Waals surface area contributed by atoms with Crippen molar-refractivity contribution in [3.8, 4) is 0 Å². The number of anilines is 1. The van der Waals surface area contributed by atoms with Crippen molar-refractivity contribution in [3.05, 3.63) is 30.1 Å². The average molecular weight is 277 g/mol. The van der Waals surface area contributed by atoms with Gasteiger partial charge in [-0.3, -0.25) is 4.90 Å². The number of nitrogens with zero attached hydrogens (tertiary/aromatic N) is 2. The van der Waals surface area contributed by atoms with Crippen LogP contribution in [0.3, 0.4) is 0 Å². The van der Waals surface area contributed by atoms with E-state index >= 15 is 0 Å². The van der Waals surface area contributed by atoms with Crippen molar-refractivity contribution >= 4 is 5.69 Å². The van der Waals surface area contributed by atoms with E-state index in [2.05, 4.69) is 15.1 Å². The highest BCUT2D eigenvalue weighted by molar-refractivity contribution is 5.46. The lowest BCUT2D eigenvalue weighted by molar-refractivity contribution is 0.199. The van der Waals surface area contributed by atoms with Gasteiger partial charge in [0, 0.05) is 38.4 Å². The molecule has 0 bridgehead atoms. The Kier molecular flexibility index (Phi) is 4.53. The van der Waals surface area contributed by atoms with Crippen LogP contribution in [0.25, 0.3) is 0 Å². The molecule has 2 aliphatic rings. The van der Waals surface area contributed by atoms with Gasteiger partial charge in [0.15, 0.2) is 0 Å². The number of benzene rings is 1. The molecule has 1 aromatic rings. The summed E-state index contributed by atoms with van der Waals surface area (Å²) in [5.41, 5.74) is 1.14. The normalized spacial score (nSPS) is 24.9. The summed E-state index contributed by atoms with van der Waals surface area (Å²) < 4.78 is 12.9. The first-order chi connectivity index (χ1) is 9.81. The molecule has 0 spiro atoms. The molecule has 20 heavy (non-hydrogen) atoms. The zero-order valence-electron chi connectivity index (χ0n) is 12.0. The molecule has 1 aromatic carbocycles. The van der Waals surface area contributed by atoms with E-state index in [1.54, 1.807) is 12.1 Å². The molecule has 4 heteroatoms. The van der Waals surface area contributed by atoms with Crippen molar-refractivity contribution < 1.29 is 4.39 Å². The standard InChI is InChI=1S/C16H24FN3/c17-15-3-5-16(6-4-15)20-10-8-19(9-11-20)13-14-2-1-7-18-12-14/h3-6,14,18H,1-2,7-13H2. The highest BCUT2D eigenvalue weighted by Crippen LogP contribution is 2.18. The van der Waals surface area contributed by atoms with Crippen LogP contribution in [0.4, 0.5) is 10.1 Å². The highest BCUT2D eigenvalue weighted by Gasteiger charge is 2.21. The first-order valence-electron chi connectivity index (χ1n) is 7.75. The Morgan fingerprint density at radius 1 is 1.10 bits per heavy atom. The minimum Gasteiger partial charge on any atom is -0.369 e. The van der Waals surface area contributed by atoms with Crippen LogP contribution in [0, 0.1) is 11.7 Å². The summed E-state index contributed by atoms with van der Waals surface area (Å²) >= 11 is 0. The van der Waals surface area contributed by atoms with E-state index in [1.807, 2.05) is 12.1 Å². The van der Waals surface area contributed by atoms with E-state index < -0.39 is 0 Å². The molecule has 3 rings (SSSR count). The minimum absolute atomic E-state index is 0.155. The molecule has 0 saturated carbocycles. The number of rotatable bonds is 3. The first kappa shape index (κ1) is 13.8. The van der Waals surface area contributed by atoms with Crippen LogP contribution in [-0.2, 0) is 0 Å². The third-order valence-electron chi connectivity index (χ3n) is 4.48. The maximum Gasteiger partial charge on any atom is 0.123 e. The predicted octanol–water partition coefficient (Wildman–Crippen LogP) is 1.95. The van der Waals surface area contributed by atoms with Crippen molar-refractivity contribution in [3.63, 3.8) is 0 Å². The van der Waals surface area contributed by atoms with Gasteiger partial charge < -0.3 is 10.2 Å². The predicted molar refractivity (Wildman–Crippen MR) is 80.6 cm³/mol. The molecule has 2 aliphatic heterocycles. The van der Waals surface area contributed by atoms with E-state index in [9.17, 15) is 4.39 Å². The lowest BCUT2D eigenvalue weighted by atomic mass is 9.99. The maximum atomic E-state index is 12.9. The fraction of sp³-hybridized carbons (Fsp3) is 0.625. The topological polar surface area (TPSA) is 18.5 Å². The third kappa shape index (κ3) is 3.49. The summed E-state index contributed by atoms with van der Waals surface area (Å²) in [4.78, 5) is 4.94. The fourth-order valence-corrected chi connectivity index (χ4v) is 3.29. The Labute approximate surface area is 120 Å². The Morgan fingerprint density at radius 3 is 2.50 bits per heavy atom. The minimum atomic E-state index is -0.155. The van der Waals surface area contributed by atoms with Crippen molar-refractivity contribution in [1.29, 1.82) is 0 Å². The van der Waals surface area contributed by atoms with Gasteiger partial charge in [0.1, 0.15) is 5.82 Å². The molecule has 1 atom stereocenters. The largest absolute Gasteiger partial charge is 0.369 e. The van der Waals surface area contributed by atoms with Crippen molar-refractivity contribution in [2.75, 3.05) is 50.7 Å². The Bertz CT molecular complexity index is 406. The molecule has 0 amide bonds. The van der Waals surface area contributed by atoms with Crippen LogP contribution >= 0.6 is 0 Å². The molecule has 0 radical (unpaired) electrons. The summed E-state index contributed by atoms with van der Waals surface area (Å²) in [5.74, 6) is 0.665. The van der Waals surface area contributed by atoms with Gasteiger partial charge in [0.05, 0.1) is 0 Å². The van der Waals surface area contributed by atoms with Gasteiger partial charge in [-0.2, -0.15) is 0 Å². The smallest absolute Gasteiger partial charge is 0.123 e. The summed E-state index contributed by atoms with van der Waals surface area (Å²) in [5, 5.41) is 3.49.